The van der Waals surface area contributed by atoms with Crippen LogP contribution in [0.2, 0.25) is 5.02 Å². The third-order valence-corrected chi connectivity index (χ3v) is 7.48. The molecule has 0 bridgehead atoms. The van der Waals surface area contributed by atoms with Gasteiger partial charge in [-0.3, -0.25) is 9.48 Å². The Bertz CT molecular complexity index is 1550. The summed E-state index contributed by atoms with van der Waals surface area (Å²) in [5.74, 6) is -0.806. The molecule has 2 aliphatic heterocycles. The van der Waals surface area contributed by atoms with E-state index in [1.165, 1.54) is 19.1 Å². The van der Waals surface area contributed by atoms with Gasteiger partial charge in [-0.1, -0.05) is 11.6 Å². The van der Waals surface area contributed by atoms with E-state index >= 15 is 4.39 Å². The van der Waals surface area contributed by atoms with Crippen LogP contribution in [0.5, 0.6) is 11.8 Å². The normalized spacial score (nSPS) is 16.9. The second kappa shape index (κ2) is 11.1. The van der Waals surface area contributed by atoms with E-state index in [4.69, 9.17) is 31.5 Å². The number of methoxy groups -OCH3 is 2. The summed E-state index contributed by atoms with van der Waals surface area (Å²) in [4.78, 5) is 25.0. The summed E-state index contributed by atoms with van der Waals surface area (Å²) in [5.41, 5.74) is 4.64. The van der Waals surface area contributed by atoms with Crippen LogP contribution in [0.3, 0.4) is 0 Å². The molecule has 0 aliphatic carbocycles. The minimum Gasteiger partial charge on any atom is -0.492 e. The maximum atomic E-state index is 15.1. The molecule has 0 radical (unpaired) electrons. The summed E-state index contributed by atoms with van der Waals surface area (Å²) in [6, 6.07) is 0.707. The second-order valence-corrected chi connectivity index (χ2v) is 10.4. The van der Waals surface area contributed by atoms with Crippen molar-refractivity contribution >= 4 is 29.0 Å². The second-order valence-electron chi connectivity index (χ2n) is 10.0. The molecule has 0 saturated carbocycles. The van der Waals surface area contributed by atoms with Crippen molar-refractivity contribution in [2.75, 3.05) is 45.5 Å². The first-order valence-electron chi connectivity index (χ1n) is 12.9. The number of amides is 1. The van der Waals surface area contributed by atoms with Gasteiger partial charge in [-0.2, -0.15) is 28.2 Å². The average molecular weight is 614 g/mol. The predicted octanol–water partition coefficient (Wildman–Crippen LogP) is 4.01. The number of carbonyl (C=O) groups excluding carboxylic acids is 1. The highest BCUT2D eigenvalue weighted by Gasteiger charge is 2.42. The lowest BCUT2D eigenvalue weighted by Crippen LogP contribution is -2.29. The quantitative estimate of drug-likeness (QED) is 0.336. The number of benzene rings is 1. The van der Waals surface area contributed by atoms with Crippen molar-refractivity contribution in [1.82, 2.24) is 24.6 Å². The van der Waals surface area contributed by atoms with E-state index in [0.717, 1.165) is 6.07 Å². The van der Waals surface area contributed by atoms with E-state index in [1.54, 1.807) is 18.8 Å². The molecule has 2 aliphatic rings. The first-order valence-corrected chi connectivity index (χ1v) is 13.2. The van der Waals surface area contributed by atoms with Gasteiger partial charge in [-0.15, -0.1) is 0 Å². The molecular formula is C26H28ClF4N7O4. The molecule has 11 nitrogen and oxygen atoms in total. The van der Waals surface area contributed by atoms with E-state index in [1.807, 2.05) is 4.90 Å². The third kappa shape index (κ3) is 5.15. The molecule has 3 aromatic rings. The maximum absolute atomic E-state index is 15.1. The Morgan fingerprint density at radius 1 is 1.21 bits per heavy atom. The van der Waals surface area contributed by atoms with Crippen LogP contribution in [-0.4, -0.2) is 65.4 Å². The molecule has 0 spiro atoms. The van der Waals surface area contributed by atoms with Gasteiger partial charge in [0.25, 0.3) is 5.91 Å². The van der Waals surface area contributed by atoms with Gasteiger partial charge in [0, 0.05) is 44.7 Å². The number of fused-ring (bicyclic) bond motifs is 2. The molecule has 0 saturated heterocycles. The summed E-state index contributed by atoms with van der Waals surface area (Å²) in [6.45, 7) is 1.03. The standard InChI is InChI=1S/C26H28ClF4N7O4/c1-36(2)24(39)21-22(40-3)16-10-37(6-5-7-38(16)35-21)23-12-11-42-17(9-15(12)33-25(34-23)41-4)18-19(26(29,30)31)13(27)8-14(32)20(18)28/h8,17H,5-7,9-11,32H2,1-4H3. The van der Waals surface area contributed by atoms with Crippen LogP contribution in [-0.2, 0) is 37.0 Å². The van der Waals surface area contributed by atoms with E-state index in [9.17, 15) is 18.0 Å². The van der Waals surface area contributed by atoms with Gasteiger partial charge in [0.15, 0.2) is 17.3 Å². The number of carbonyl (C=O) groups is 1. The Labute approximate surface area is 243 Å². The number of ether oxygens (including phenoxy) is 3. The fourth-order valence-corrected chi connectivity index (χ4v) is 5.59. The summed E-state index contributed by atoms with van der Waals surface area (Å²) in [7, 11) is 6.06. The molecule has 1 amide bonds. The lowest BCUT2D eigenvalue weighted by Gasteiger charge is -2.31. The zero-order valence-electron chi connectivity index (χ0n) is 23.2. The minimum absolute atomic E-state index is 0.0280. The molecule has 1 aromatic carbocycles. The Balaban J connectivity index is 1.56. The highest BCUT2D eigenvalue weighted by atomic mass is 35.5. The summed E-state index contributed by atoms with van der Waals surface area (Å²) < 4.78 is 75.5. The first-order chi connectivity index (χ1) is 19.8. The van der Waals surface area contributed by atoms with Gasteiger partial charge in [0.05, 0.1) is 55.4 Å². The first kappa shape index (κ1) is 29.6. The molecule has 2 N–H and O–H groups in total. The molecule has 5 rings (SSSR count). The van der Waals surface area contributed by atoms with E-state index < -0.39 is 39.9 Å². The van der Waals surface area contributed by atoms with Crippen LogP contribution >= 0.6 is 11.6 Å². The molecule has 42 heavy (non-hydrogen) atoms. The van der Waals surface area contributed by atoms with Gasteiger partial charge in [0.2, 0.25) is 0 Å². The lowest BCUT2D eigenvalue weighted by molar-refractivity contribution is -0.140. The van der Waals surface area contributed by atoms with Gasteiger partial charge in [-0.05, 0) is 12.5 Å². The molecular weight excluding hydrogens is 586 g/mol. The number of anilines is 2. The smallest absolute Gasteiger partial charge is 0.418 e. The highest BCUT2D eigenvalue weighted by Crippen LogP contribution is 2.46. The number of nitrogens with two attached hydrogens (primary N) is 1. The van der Waals surface area contributed by atoms with Crippen molar-refractivity contribution in [3.63, 3.8) is 0 Å². The molecule has 0 fully saturated rings. The van der Waals surface area contributed by atoms with Gasteiger partial charge in [0.1, 0.15) is 11.5 Å². The Morgan fingerprint density at radius 3 is 2.60 bits per heavy atom. The monoisotopic (exact) mass is 613 g/mol. The summed E-state index contributed by atoms with van der Waals surface area (Å²) in [5, 5.41) is 3.76. The van der Waals surface area contributed by atoms with Crippen LogP contribution in [0.4, 0.5) is 29.1 Å². The lowest BCUT2D eigenvalue weighted by atomic mass is 9.93. The molecule has 1 atom stereocenters. The van der Waals surface area contributed by atoms with Crippen molar-refractivity contribution in [2.45, 2.75) is 44.8 Å². The number of rotatable bonds is 5. The zero-order valence-corrected chi connectivity index (χ0v) is 23.9. The Morgan fingerprint density at radius 2 is 1.95 bits per heavy atom. The van der Waals surface area contributed by atoms with Crippen molar-refractivity contribution in [2.24, 2.45) is 0 Å². The predicted molar refractivity (Wildman–Crippen MR) is 143 cm³/mol. The third-order valence-electron chi connectivity index (χ3n) is 7.19. The van der Waals surface area contributed by atoms with E-state index in [2.05, 4.69) is 15.1 Å². The molecule has 226 valence electrons. The molecule has 1 unspecified atom stereocenters. The molecule has 2 aromatic heterocycles. The van der Waals surface area contributed by atoms with Crippen molar-refractivity contribution < 1.29 is 36.6 Å². The average Bonchev–Trinajstić information content (AvgIpc) is 3.15. The van der Waals surface area contributed by atoms with Crippen molar-refractivity contribution in [3.05, 3.63) is 50.7 Å². The number of halogens is 5. The van der Waals surface area contributed by atoms with Gasteiger partial charge < -0.3 is 29.7 Å². The number of alkyl halides is 3. The number of hydrogen-bond acceptors (Lipinski definition) is 9. The van der Waals surface area contributed by atoms with Crippen LogP contribution in [0, 0.1) is 5.82 Å². The van der Waals surface area contributed by atoms with Gasteiger partial charge >= 0.3 is 12.2 Å². The number of aryl methyl sites for hydroxylation is 1. The fraction of sp³-hybridized carbons (Fsp3) is 0.462. The topological polar surface area (TPSA) is 121 Å². The van der Waals surface area contributed by atoms with E-state index in [0.29, 0.717) is 48.0 Å². The van der Waals surface area contributed by atoms with E-state index in [-0.39, 0.29) is 37.2 Å². The van der Waals surface area contributed by atoms with Crippen LogP contribution in [0.15, 0.2) is 6.07 Å². The van der Waals surface area contributed by atoms with Crippen molar-refractivity contribution in [1.29, 1.82) is 0 Å². The Hall–Kier alpha value is -3.85. The number of nitrogens with zero attached hydrogens (tertiary/aromatic N) is 6. The number of nitrogen functional groups attached to an aromatic ring is 1. The van der Waals surface area contributed by atoms with Gasteiger partial charge in [-0.25, -0.2) is 4.39 Å². The molecule has 16 heteroatoms. The molecule has 4 heterocycles. The summed E-state index contributed by atoms with van der Waals surface area (Å²) in [6.07, 6.45) is -5.94. The minimum atomic E-state index is -4.96. The summed E-state index contributed by atoms with van der Waals surface area (Å²) >= 11 is 5.89. The highest BCUT2D eigenvalue weighted by molar-refractivity contribution is 6.31. The maximum Gasteiger partial charge on any atom is 0.418 e. The number of aromatic nitrogens is 4. The SMILES string of the molecule is COc1nc2c(c(N3CCCn4nc(C(=O)N(C)C)c(OC)c4C3)n1)COC(c1c(F)c(N)cc(Cl)c1C(F)(F)F)C2. The van der Waals surface area contributed by atoms with Crippen LogP contribution in [0.1, 0.15) is 51.1 Å². The van der Waals surface area contributed by atoms with Crippen LogP contribution in [0.25, 0.3) is 0 Å². The largest absolute Gasteiger partial charge is 0.492 e. The van der Waals surface area contributed by atoms with Crippen molar-refractivity contribution in [3.8, 4) is 11.8 Å². The zero-order chi connectivity index (χ0) is 30.5. The van der Waals surface area contributed by atoms with Crippen LogP contribution < -0.4 is 20.1 Å². The number of hydrogen-bond donors (Lipinski definition) is 1. The fourth-order valence-electron chi connectivity index (χ4n) is 5.26. The Kier molecular flexibility index (Phi) is 7.83.